The van der Waals surface area contributed by atoms with Gasteiger partial charge >= 0.3 is 0 Å². The topological polar surface area (TPSA) is 75.2 Å². The third-order valence-corrected chi connectivity index (χ3v) is 5.16. The van der Waals surface area contributed by atoms with E-state index in [-0.39, 0.29) is 6.10 Å². The lowest BCUT2D eigenvalue weighted by molar-refractivity contribution is -0.00115. The second-order valence-electron chi connectivity index (χ2n) is 6.94. The molecule has 1 aliphatic rings. The zero-order valence-corrected chi connectivity index (χ0v) is 17.0. The van der Waals surface area contributed by atoms with Crippen LogP contribution in [0.1, 0.15) is 24.3 Å². The van der Waals surface area contributed by atoms with E-state index in [0.717, 1.165) is 22.6 Å². The van der Waals surface area contributed by atoms with Crippen molar-refractivity contribution in [3.63, 3.8) is 0 Å². The Balaban J connectivity index is 1.35. The first-order chi connectivity index (χ1) is 14.7. The Labute approximate surface area is 178 Å². The van der Waals surface area contributed by atoms with Crippen LogP contribution in [0.5, 0.6) is 5.75 Å². The molecular formula is C22H19ClN4O3. The molecule has 0 aliphatic carbocycles. The third-order valence-electron chi connectivity index (χ3n) is 4.93. The normalized spacial score (nSPS) is 15.7. The van der Waals surface area contributed by atoms with E-state index in [1.54, 1.807) is 12.1 Å². The van der Waals surface area contributed by atoms with Crippen LogP contribution in [0, 0.1) is 0 Å². The molecule has 0 saturated carbocycles. The van der Waals surface area contributed by atoms with Crippen molar-refractivity contribution in [2.24, 2.45) is 0 Å². The highest BCUT2D eigenvalue weighted by Crippen LogP contribution is 2.30. The highest BCUT2D eigenvalue weighted by molar-refractivity contribution is 6.30. The van der Waals surface area contributed by atoms with Crippen molar-refractivity contribution in [2.45, 2.75) is 26.2 Å². The van der Waals surface area contributed by atoms with Crippen LogP contribution >= 0.6 is 11.6 Å². The molecule has 5 rings (SSSR count). The highest BCUT2D eigenvalue weighted by atomic mass is 35.5. The van der Waals surface area contributed by atoms with E-state index in [1.807, 2.05) is 54.1 Å². The molecule has 0 bridgehead atoms. The minimum atomic E-state index is -0.0781. The smallest absolute Gasteiger partial charge is 0.278 e. The molecule has 30 heavy (non-hydrogen) atoms. The van der Waals surface area contributed by atoms with Crippen molar-refractivity contribution in [2.75, 3.05) is 6.61 Å². The molecule has 1 aliphatic heterocycles. The molecule has 2 aromatic heterocycles. The van der Waals surface area contributed by atoms with Crippen molar-refractivity contribution in [1.82, 2.24) is 19.9 Å². The number of rotatable bonds is 5. The number of benzene rings is 2. The first-order valence-corrected chi connectivity index (χ1v) is 10.1. The summed E-state index contributed by atoms with van der Waals surface area (Å²) in [6.07, 6.45) is -0.0781. The molecule has 152 valence electrons. The average molecular weight is 423 g/mol. The van der Waals surface area contributed by atoms with E-state index < -0.39 is 0 Å². The fourth-order valence-corrected chi connectivity index (χ4v) is 3.64. The molecule has 3 heterocycles. The van der Waals surface area contributed by atoms with Crippen molar-refractivity contribution < 1.29 is 14.0 Å². The third kappa shape index (κ3) is 3.69. The number of nitrogens with zero attached hydrogens (tertiary/aromatic N) is 4. The minimum absolute atomic E-state index is 0.0781. The summed E-state index contributed by atoms with van der Waals surface area (Å²) in [5.74, 6) is 1.69. The van der Waals surface area contributed by atoms with Gasteiger partial charge in [0.2, 0.25) is 5.82 Å². The van der Waals surface area contributed by atoms with Gasteiger partial charge in [-0.25, -0.2) is 0 Å². The Bertz CT molecular complexity index is 1170. The molecule has 0 amide bonds. The first kappa shape index (κ1) is 18.8. The van der Waals surface area contributed by atoms with Crippen LogP contribution in [-0.4, -0.2) is 26.5 Å². The Morgan fingerprint density at radius 3 is 2.83 bits per heavy atom. The number of fused-ring (bicyclic) bond motifs is 1. The van der Waals surface area contributed by atoms with E-state index in [1.165, 1.54) is 0 Å². The molecule has 0 unspecified atom stereocenters. The van der Waals surface area contributed by atoms with Gasteiger partial charge in [0.25, 0.3) is 5.89 Å². The standard InChI is InChI=1S/C22H19ClN4O3/c1-2-28-18-8-6-14(7-9-18)20-12-27-17(13-29-20)11-19(25-27)22-24-21(26-30-22)15-4-3-5-16(23)10-15/h3-11,20H,2,12-13H2,1H3/t20-/m1/s1. The van der Waals surface area contributed by atoms with Gasteiger partial charge in [-0.3, -0.25) is 4.68 Å². The maximum absolute atomic E-state index is 6.05. The van der Waals surface area contributed by atoms with Crippen LogP contribution in [0.15, 0.2) is 59.1 Å². The monoisotopic (exact) mass is 422 g/mol. The summed E-state index contributed by atoms with van der Waals surface area (Å²) in [6.45, 7) is 3.68. The van der Waals surface area contributed by atoms with Crippen LogP contribution in [0.25, 0.3) is 23.0 Å². The van der Waals surface area contributed by atoms with Gasteiger partial charge in [0.05, 0.1) is 25.5 Å². The molecule has 8 heteroatoms. The highest BCUT2D eigenvalue weighted by Gasteiger charge is 2.24. The van der Waals surface area contributed by atoms with Crippen molar-refractivity contribution in [1.29, 1.82) is 0 Å². The molecule has 7 nitrogen and oxygen atoms in total. The Morgan fingerprint density at radius 1 is 1.17 bits per heavy atom. The molecular weight excluding hydrogens is 404 g/mol. The van der Waals surface area contributed by atoms with Crippen LogP contribution in [0.2, 0.25) is 5.02 Å². The van der Waals surface area contributed by atoms with Gasteiger partial charge in [-0.05, 0) is 42.8 Å². The number of hydrogen-bond donors (Lipinski definition) is 0. The summed E-state index contributed by atoms with van der Waals surface area (Å²) in [5.41, 5.74) is 3.47. The van der Waals surface area contributed by atoms with Gasteiger partial charge in [0, 0.05) is 10.6 Å². The summed E-state index contributed by atoms with van der Waals surface area (Å²) in [5, 5.41) is 9.34. The number of halogens is 1. The first-order valence-electron chi connectivity index (χ1n) is 9.70. The summed E-state index contributed by atoms with van der Waals surface area (Å²) < 4.78 is 18.9. The molecule has 1 atom stereocenters. The zero-order valence-electron chi connectivity index (χ0n) is 16.3. The lowest BCUT2D eigenvalue weighted by atomic mass is 10.1. The van der Waals surface area contributed by atoms with E-state index in [0.29, 0.717) is 42.2 Å². The quantitative estimate of drug-likeness (QED) is 0.454. The van der Waals surface area contributed by atoms with E-state index >= 15 is 0 Å². The largest absolute Gasteiger partial charge is 0.494 e. The molecule has 0 N–H and O–H groups in total. The number of hydrogen-bond acceptors (Lipinski definition) is 6. The number of ether oxygens (including phenoxy) is 2. The maximum Gasteiger partial charge on any atom is 0.278 e. The fraction of sp³-hybridized carbons (Fsp3) is 0.227. The van der Waals surface area contributed by atoms with E-state index in [4.69, 9.17) is 25.6 Å². The van der Waals surface area contributed by atoms with Crippen molar-refractivity contribution in [3.05, 3.63) is 70.9 Å². The Morgan fingerprint density at radius 2 is 2.03 bits per heavy atom. The van der Waals surface area contributed by atoms with E-state index in [9.17, 15) is 0 Å². The zero-order chi connectivity index (χ0) is 20.5. The predicted molar refractivity (Wildman–Crippen MR) is 111 cm³/mol. The molecule has 0 fully saturated rings. The minimum Gasteiger partial charge on any atom is -0.494 e. The second kappa shape index (κ2) is 7.93. The average Bonchev–Trinajstić information content (AvgIpc) is 3.41. The van der Waals surface area contributed by atoms with Gasteiger partial charge < -0.3 is 14.0 Å². The molecule has 2 aromatic carbocycles. The van der Waals surface area contributed by atoms with Gasteiger partial charge in [-0.15, -0.1) is 0 Å². The van der Waals surface area contributed by atoms with Crippen LogP contribution in [0.3, 0.4) is 0 Å². The van der Waals surface area contributed by atoms with E-state index in [2.05, 4.69) is 15.2 Å². The summed E-state index contributed by atoms with van der Waals surface area (Å²) >= 11 is 6.05. The van der Waals surface area contributed by atoms with Crippen LogP contribution in [0.4, 0.5) is 0 Å². The summed E-state index contributed by atoms with van der Waals surface area (Å²) in [4.78, 5) is 4.47. The molecule has 0 radical (unpaired) electrons. The summed E-state index contributed by atoms with van der Waals surface area (Å²) in [6, 6.07) is 17.2. The second-order valence-corrected chi connectivity index (χ2v) is 7.37. The lowest BCUT2D eigenvalue weighted by Crippen LogP contribution is -2.21. The molecule has 4 aromatic rings. The van der Waals surface area contributed by atoms with Gasteiger partial charge in [-0.2, -0.15) is 10.1 Å². The van der Waals surface area contributed by atoms with Crippen LogP contribution in [-0.2, 0) is 17.9 Å². The molecule has 0 saturated heterocycles. The number of aromatic nitrogens is 4. The van der Waals surface area contributed by atoms with Gasteiger partial charge in [-0.1, -0.05) is 41.0 Å². The predicted octanol–water partition coefficient (Wildman–Crippen LogP) is 4.92. The van der Waals surface area contributed by atoms with Crippen LogP contribution < -0.4 is 4.74 Å². The van der Waals surface area contributed by atoms with Gasteiger partial charge in [0.1, 0.15) is 11.9 Å². The maximum atomic E-state index is 6.05. The van der Waals surface area contributed by atoms with Crippen molar-refractivity contribution >= 4 is 11.6 Å². The fourth-order valence-electron chi connectivity index (χ4n) is 3.45. The van der Waals surface area contributed by atoms with Crippen molar-refractivity contribution in [3.8, 4) is 28.7 Å². The lowest BCUT2D eigenvalue weighted by Gasteiger charge is -2.24. The summed E-state index contributed by atoms with van der Waals surface area (Å²) in [7, 11) is 0. The SMILES string of the molecule is CCOc1ccc([C@H]2Cn3nc(-c4nc(-c5cccc(Cl)c5)no4)cc3CO2)cc1. The van der Waals surface area contributed by atoms with Gasteiger partial charge in [0.15, 0.2) is 5.69 Å². The Kier molecular flexibility index (Phi) is 4.98. The Hall–Kier alpha value is -3.16. The molecule has 0 spiro atoms.